The van der Waals surface area contributed by atoms with Crippen molar-refractivity contribution in [3.63, 3.8) is 0 Å². The molecule has 0 saturated heterocycles. The van der Waals surface area contributed by atoms with Gasteiger partial charge in [0.1, 0.15) is 0 Å². The molecule has 0 radical (unpaired) electrons. The van der Waals surface area contributed by atoms with Crippen LogP contribution < -0.4 is 4.72 Å². The fraction of sp³-hybridized carbons (Fsp3) is 0.417. The highest BCUT2D eigenvalue weighted by atomic mass is 32.2. The molecule has 0 aliphatic rings. The van der Waals surface area contributed by atoms with Crippen molar-refractivity contribution in [1.29, 1.82) is 0 Å². The predicted octanol–water partition coefficient (Wildman–Crippen LogP) is 1.32. The van der Waals surface area contributed by atoms with Crippen LogP contribution in [0.25, 0.3) is 0 Å². The summed E-state index contributed by atoms with van der Waals surface area (Å²) in [5.74, 6) is 0. The van der Waals surface area contributed by atoms with Crippen LogP contribution in [0, 0.1) is 5.21 Å². The molecule has 0 fully saturated rings. The summed E-state index contributed by atoms with van der Waals surface area (Å²) in [7, 11) is -2.07. The zero-order valence-corrected chi connectivity index (χ0v) is 11.8. The number of hydrogen-bond acceptors (Lipinski definition) is 3. The van der Waals surface area contributed by atoms with Gasteiger partial charge in [-0.1, -0.05) is 0 Å². The van der Waals surface area contributed by atoms with Crippen LogP contribution in [0.2, 0.25) is 0 Å². The zero-order chi connectivity index (χ0) is 14.0. The lowest BCUT2D eigenvalue weighted by Gasteiger charge is -2.18. The smallest absolute Gasteiger partial charge is 0.240 e. The second kappa shape index (κ2) is 5.07. The average Bonchev–Trinajstić information content (AvgIpc) is 2.28. The molecule has 0 spiro atoms. The Bertz CT molecular complexity index is 540. The van der Waals surface area contributed by atoms with Gasteiger partial charge in [-0.25, -0.2) is 17.9 Å². The first-order valence-electron chi connectivity index (χ1n) is 5.52. The van der Waals surface area contributed by atoms with Gasteiger partial charge in [0.25, 0.3) is 0 Å². The minimum atomic E-state index is -3.43. The lowest BCUT2D eigenvalue weighted by Crippen LogP contribution is -2.29. The zero-order valence-electron chi connectivity index (χ0n) is 11.0. The van der Waals surface area contributed by atoms with E-state index in [9.17, 15) is 13.6 Å². The Morgan fingerprint density at radius 3 is 2.11 bits per heavy atom. The lowest BCUT2D eigenvalue weighted by atomic mass is 10.1. The quantitative estimate of drug-likeness (QED) is 0.390. The maximum Gasteiger partial charge on any atom is 0.240 e. The largest absolute Gasteiger partial charge is 0.623 e. The van der Waals surface area contributed by atoms with Crippen LogP contribution in [0.3, 0.4) is 0 Å². The fourth-order valence-electron chi connectivity index (χ4n) is 1.18. The molecule has 0 saturated carbocycles. The van der Waals surface area contributed by atoms with Gasteiger partial charge < -0.3 is 5.21 Å². The first-order chi connectivity index (χ1) is 8.16. The van der Waals surface area contributed by atoms with Gasteiger partial charge >= 0.3 is 0 Å². The minimum absolute atomic E-state index is 0.176. The number of nitrogens with zero attached hydrogens (tertiary/aromatic N) is 1. The summed E-state index contributed by atoms with van der Waals surface area (Å²) in [4.78, 5) is 0.176. The minimum Gasteiger partial charge on any atom is -0.623 e. The van der Waals surface area contributed by atoms with E-state index in [2.05, 4.69) is 4.72 Å². The molecular weight excluding hydrogens is 252 g/mol. The first-order valence-corrected chi connectivity index (χ1v) is 7.00. The summed E-state index contributed by atoms with van der Waals surface area (Å²) in [5.41, 5.74) is 0.144. The molecule has 5 nitrogen and oxygen atoms in total. The van der Waals surface area contributed by atoms with Gasteiger partial charge in [-0.05, 0) is 31.3 Å². The highest BCUT2D eigenvalue weighted by Crippen LogP contribution is 2.10. The van der Waals surface area contributed by atoms with Crippen molar-refractivity contribution in [3.8, 4) is 0 Å². The van der Waals surface area contributed by atoms with Gasteiger partial charge in [-0.3, -0.25) is 0 Å². The highest BCUT2D eigenvalue weighted by Gasteiger charge is 2.18. The van der Waals surface area contributed by atoms with Crippen molar-refractivity contribution < 1.29 is 13.2 Å². The number of benzene rings is 1. The van der Waals surface area contributed by atoms with E-state index in [0.29, 0.717) is 5.56 Å². The first kappa shape index (κ1) is 14.7. The van der Waals surface area contributed by atoms with Gasteiger partial charge in [0.2, 0.25) is 10.0 Å². The van der Waals surface area contributed by atoms with Crippen LogP contribution in [-0.4, -0.2) is 32.0 Å². The van der Waals surface area contributed by atoms with Crippen molar-refractivity contribution in [2.24, 2.45) is 0 Å². The predicted molar refractivity (Wildman–Crippen MR) is 71.2 cm³/mol. The van der Waals surface area contributed by atoms with Crippen LogP contribution in [0.4, 0.5) is 0 Å². The van der Waals surface area contributed by atoms with E-state index < -0.39 is 15.6 Å². The Morgan fingerprint density at radius 2 is 1.72 bits per heavy atom. The Balaban J connectivity index is 3.05. The SMILES string of the molecule is CNS(=O)(=O)c1ccc(/C=[N+](\[O-])C(C)(C)C)cc1. The molecule has 6 heteroatoms. The molecule has 0 unspecified atom stereocenters. The molecule has 1 aromatic carbocycles. The van der Waals surface area contributed by atoms with Crippen LogP contribution >= 0.6 is 0 Å². The third-order valence-electron chi connectivity index (χ3n) is 2.39. The molecular formula is C12H18N2O3S. The molecule has 0 aromatic heterocycles. The van der Waals surface area contributed by atoms with E-state index in [1.54, 1.807) is 32.9 Å². The summed E-state index contributed by atoms with van der Waals surface area (Å²) < 4.78 is 26.1. The van der Waals surface area contributed by atoms with E-state index in [0.717, 1.165) is 4.74 Å². The molecule has 0 atom stereocenters. The Hall–Kier alpha value is -1.40. The fourth-order valence-corrected chi connectivity index (χ4v) is 1.91. The number of hydrogen-bond donors (Lipinski definition) is 1. The second-order valence-electron chi connectivity index (χ2n) is 4.90. The van der Waals surface area contributed by atoms with Gasteiger partial charge in [0, 0.05) is 26.3 Å². The molecule has 1 aromatic rings. The van der Waals surface area contributed by atoms with Crippen molar-refractivity contribution in [2.75, 3.05) is 7.05 Å². The number of hydroxylamine groups is 1. The molecule has 0 heterocycles. The van der Waals surface area contributed by atoms with Crippen LogP contribution in [0.5, 0.6) is 0 Å². The molecule has 0 aliphatic carbocycles. The van der Waals surface area contributed by atoms with E-state index in [1.807, 2.05) is 0 Å². The maximum atomic E-state index is 11.7. The van der Waals surface area contributed by atoms with Crippen LogP contribution in [0.15, 0.2) is 29.2 Å². The van der Waals surface area contributed by atoms with Crippen LogP contribution in [-0.2, 0) is 10.0 Å². The van der Waals surface area contributed by atoms with Crippen molar-refractivity contribution in [3.05, 3.63) is 35.0 Å². The summed E-state index contributed by atoms with van der Waals surface area (Å²) >= 11 is 0. The molecule has 1 rings (SSSR count). The summed E-state index contributed by atoms with van der Waals surface area (Å²) in [6, 6.07) is 6.13. The lowest BCUT2D eigenvalue weighted by molar-refractivity contribution is -0.530. The number of nitrogens with one attached hydrogen (secondary N) is 1. The molecule has 0 bridgehead atoms. The molecule has 100 valence electrons. The summed E-state index contributed by atoms with van der Waals surface area (Å²) in [6.07, 6.45) is 1.44. The van der Waals surface area contributed by atoms with Gasteiger partial charge in [0.15, 0.2) is 11.8 Å². The molecule has 0 aliphatic heterocycles. The maximum absolute atomic E-state index is 11.7. The third-order valence-corrected chi connectivity index (χ3v) is 3.82. The summed E-state index contributed by atoms with van der Waals surface area (Å²) in [6.45, 7) is 5.41. The Morgan fingerprint density at radius 1 is 1.22 bits per heavy atom. The number of sulfonamides is 1. The second-order valence-corrected chi connectivity index (χ2v) is 6.79. The molecule has 0 amide bonds. The molecule has 1 N–H and O–H groups in total. The van der Waals surface area contributed by atoms with E-state index in [1.165, 1.54) is 25.4 Å². The standard InChI is InChI=1S/C12H18N2O3S/c1-12(2,3)14(15)9-10-5-7-11(8-6-10)18(16,17)13-4/h5-9,13H,1-4H3/b14-9-. The van der Waals surface area contributed by atoms with Gasteiger partial charge in [-0.2, -0.15) is 0 Å². The average molecular weight is 270 g/mol. The van der Waals surface area contributed by atoms with Crippen molar-refractivity contribution >= 4 is 16.2 Å². The summed E-state index contributed by atoms with van der Waals surface area (Å²) in [5, 5.41) is 11.7. The van der Waals surface area contributed by atoms with Crippen molar-refractivity contribution in [1.82, 2.24) is 4.72 Å². The normalized spacial score (nSPS) is 13.7. The van der Waals surface area contributed by atoms with E-state index in [4.69, 9.17) is 0 Å². The third kappa shape index (κ3) is 3.54. The monoisotopic (exact) mass is 270 g/mol. The Labute approximate surface area is 108 Å². The highest BCUT2D eigenvalue weighted by molar-refractivity contribution is 7.89. The van der Waals surface area contributed by atoms with Crippen molar-refractivity contribution in [2.45, 2.75) is 31.2 Å². The topological polar surface area (TPSA) is 72.2 Å². The number of rotatable bonds is 3. The van der Waals surface area contributed by atoms with Crippen LogP contribution in [0.1, 0.15) is 26.3 Å². The van der Waals surface area contributed by atoms with E-state index in [-0.39, 0.29) is 4.90 Å². The van der Waals surface area contributed by atoms with E-state index >= 15 is 0 Å². The van der Waals surface area contributed by atoms with Gasteiger partial charge in [-0.15, -0.1) is 0 Å². The molecule has 18 heavy (non-hydrogen) atoms. The Kier molecular flexibility index (Phi) is 4.13. The van der Waals surface area contributed by atoms with Gasteiger partial charge in [0.05, 0.1) is 4.90 Å².